The Kier molecular flexibility index (Phi) is 4.08. The third kappa shape index (κ3) is 2.67. The molecule has 0 spiro atoms. The average Bonchev–Trinajstić information content (AvgIpc) is 2.92. The number of rotatable bonds is 4. The molecule has 1 amide bonds. The van der Waals surface area contributed by atoms with E-state index in [0.29, 0.717) is 24.3 Å². The van der Waals surface area contributed by atoms with Crippen molar-refractivity contribution in [1.29, 1.82) is 0 Å². The van der Waals surface area contributed by atoms with Crippen LogP contribution in [0.4, 0.5) is 5.69 Å². The second kappa shape index (κ2) is 5.62. The lowest BCUT2D eigenvalue weighted by Crippen LogP contribution is -2.28. The molecule has 2 aromatic rings. The molecule has 2 rings (SSSR count). The van der Waals surface area contributed by atoms with E-state index in [-0.39, 0.29) is 5.91 Å². The van der Waals surface area contributed by atoms with Crippen molar-refractivity contribution in [3.8, 4) is 0 Å². The summed E-state index contributed by atoms with van der Waals surface area (Å²) in [5.74, 6) is -0.122. The molecule has 2 N–H and O–H groups in total. The highest BCUT2D eigenvalue weighted by atomic mass is 32.1. The summed E-state index contributed by atoms with van der Waals surface area (Å²) in [4.78, 5) is 19.4. The van der Waals surface area contributed by atoms with E-state index in [9.17, 15) is 4.79 Å². The van der Waals surface area contributed by atoms with E-state index in [1.807, 2.05) is 13.8 Å². The maximum Gasteiger partial charge on any atom is 0.274 e. The molecular formula is C13H19N5OS. The Hall–Kier alpha value is -1.89. The van der Waals surface area contributed by atoms with Crippen LogP contribution in [0.3, 0.4) is 0 Å². The molecule has 108 valence electrons. The molecule has 0 saturated carbocycles. The van der Waals surface area contributed by atoms with E-state index in [1.165, 1.54) is 0 Å². The molecule has 0 fully saturated rings. The number of thiazole rings is 1. The third-order valence-electron chi connectivity index (χ3n) is 3.11. The van der Waals surface area contributed by atoms with E-state index in [4.69, 9.17) is 5.73 Å². The first-order valence-corrected chi connectivity index (χ1v) is 7.23. The zero-order chi connectivity index (χ0) is 14.9. The molecule has 0 aliphatic carbocycles. The highest BCUT2D eigenvalue weighted by Crippen LogP contribution is 2.20. The van der Waals surface area contributed by atoms with Crippen LogP contribution in [-0.2, 0) is 20.0 Å². The minimum atomic E-state index is -0.122. The van der Waals surface area contributed by atoms with Gasteiger partial charge in [0.05, 0.1) is 22.9 Å². The lowest BCUT2D eigenvalue weighted by molar-refractivity contribution is 0.0776. The van der Waals surface area contributed by atoms with Crippen LogP contribution in [0.1, 0.15) is 33.0 Å². The Morgan fingerprint density at radius 2 is 2.25 bits per heavy atom. The number of carbonyl (C=O) groups excluding carboxylic acids is 1. The highest BCUT2D eigenvalue weighted by Gasteiger charge is 2.22. The first kappa shape index (κ1) is 14.5. The largest absolute Gasteiger partial charge is 0.395 e. The van der Waals surface area contributed by atoms with Crippen LogP contribution in [0.15, 0.2) is 6.20 Å². The minimum Gasteiger partial charge on any atom is -0.395 e. The molecule has 2 heterocycles. The number of nitrogens with two attached hydrogens (primary N) is 1. The van der Waals surface area contributed by atoms with Gasteiger partial charge in [0.1, 0.15) is 5.69 Å². The van der Waals surface area contributed by atoms with Crippen molar-refractivity contribution in [1.82, 2.24) is 19.7 Å². The molecule has 0 aliphatic rings. The van der Waals surface area contributed by atoms with Crippen molar-refractivity contribution in [2.75, 3.05) is 12.8 Å². The lowest BCUT2D eigenvalue weighted by Gasteiger charge is -2.16. The van der Waals surface area contributed by atoms with Crippen LogP contribution < -0.4 is 5.73 Å². The Morgan fingerprint density at radius 1 is 1.55 bits per heavy atom. The molecule has 0 atom stereocenters. The van der Waals surface area contributed by atoms with Crippen molar-refractivity contribution in [3.05, 3.63) is 27.5 Å². The lowest BCUT2D eigenvalue weighted by atomic mass is 10.2. The van der Waals surface area contributed by atoms with Crippen LogP contribution in [-0.4, -0.2) is 32.6 Å². The first-order valence-electron chi connectivity index (χ1n) is 6.42. The smallest absolute Gasteiger partial charge is 0.274 e. The molecule has 2 aromatic heterocycles. The van der Waals surface area contributed by atoms with Gasteiger partial charge in [0.25, 0.3) is 5.91 Å². The molecule has 6 nitrogen and oxygen atoms in total. The maximum atomic E-state index is 12.5. The monoisotopic (exact) mass is 293 g/mol. The van der Waals surface area contributed by atoms with Crippen LogP contribution in [0.25, 0.3) is 0 Å². The van der Waals surface area contributed by atoms with Gasteiger partial charge in [0.15, 0.2) is 0 Å². The van der Waals surface area contributed by atoms with Crippen molar-refractivity contribution in [2.45, 2.75) is 26.8 Å². The molecule has 0 unspecified atom stereocenters. The van der Waals surface area contributed by atoms with E-state index in [2.05, 4.69) is 10.1 Å². The molecule has 0 aliphatic heterocycles. The molecule has 0 saturated heterocycles. The Labute approximate surface area is 122 Å². The quantitative estimate of drug-likeness (QED) is 0.929. The molecule has 7 heteroatoms. The zero-order valence-electron chi connectivity index (χ0n) is 12.2. The number of aromatic nitrogens is 3. The predicted molar refractivity (Wildman–Crippen MR) is 79.6 cm³/mol. The fraction of sp³-hybridized carbons (Fsp3) is 0.462. The minimum absolute atomic E-state index is 0.122. The second-order valence-corrected chi connectivity index (χ2v) is 6.01. The normalized spacial score (nSPS) is 10.8. The number of hydrogen-bond donors (Lipinski definition) is 1. The third-order valence-corrected chi connectivity index (χ3v) is 4.00. The van der Waals surface area contributed by atoms with Crippen molar-refractivity contribution in [2.24, 2.45) is 7.05 Å². The van der Waals surface area contributed by atoms with Gasteiger partial charge in [-0.2, -0.15) is 5.10 Å². The van der Waals surface area contributed by atoms with Gasteiger partial charge in [-0.25, -0.2) is 4.98 Å². The van der Waals surface area contributed by atoms with Crippen LogP contribution in [0.5, 0.6) is 0 Å². The van der Waals surface area contributed by atoms with E-state index >= 15 is 0 Å². The SMILES string of the molecule is CCc1nn(C)c(C(=O)N(C)Cc2cnc(C)s2)c1N. The summed E-state index contributed by atoms with van der Waals surface area (Å²) in [6.45, 7) is 4.44. The highest BCUT2D eigenvalue weighted by molar-refractivity contribution is 7.11. The van der Waals surface area contributed by atoms with E-state index < -0.39 is 0 Å². The van der Waals surface area contributed by atoms with Crippen LogP contribution in [0.2, 0.25) is 0 Å². The molecule has 0 bridgehead atoms. The van der Waals surface area contributed by atoms with Crippen molar-refractivity contribution < 1.29 is 4.79 Å². The maximum absolute atomic E-state index is 12.5. The summed E-state index contributed by atoms with van der Waals surface area (Å²) in [5.41, 5.74) is 7.70. The standard InChI is InChI=1S/C13H19N5OS/c1-5-10-11(14)12(18(4)16-10)13(19)17(3)7-9-6-15-8(2)20-9/h6H,5,7,14H2,1-4H3. The fourth-order valence-corrected chi connectivity index (χ4v) is 2.92. The molecule has 20 heavy (non-hydrogen) atoms. The molecular weight excluding hydrogens is 274 g/mol. The average molecular weight is 293 g/mol. The van der Waals surface area contributed by atoms with Gasteiger partial charge in [-0.05, 0) is 13.3 Å². The van der Waals surface area contributed by atoms with Gasteiger partial charge in [0, 0.05) is 25.2 Å². The van der Waals surface area contributed by atoms with Crippen molar-refractivity contribution >= 4 is 22.9 Å². The number of aryl methyl sites for hydroxylation is 3. The summed E-state index contributed by atoms with van der Waals surface area (Å²) in [6, 6.07) is 0. The summed E-state index contributed by atoms with van der Waals surface area (Å²) in [7, 11) is 3.50. The zero-order valence-corrected chi connectivity index (χ0v) is 13.0. The number of amides is 1. The van der Waals surface area contributed by atoms with Gasteiger partial charge in [0.2, 0.25) is 0 Å². The Morgan fingerprint density at radius 3 is 2.75 bits per heavy atom. The number of nitrogen functional groups attached to an aromatic ring is 1. The fourth-order valence-electron chi connectivity index (χ4n) is 2.08. The van der Waals surface area contributed by atoms with Crippen LogP contribution >= 0.6 is 11.3 Å². The van der Waals surface area contributed by atoms with Gasteiger partial charge in [-0.3, -0.25) is 9.48 Å². The van der Waals surface area contributed by atoms with E-state index in [1.54, 1.807) is 41.2 Å². The first-order chi connectivity index (χ1) is 9.43. The predicted octanol–water partition coefficient (Wildman–Crippen LogP) is 1.60. The van der Waals surface area contributed by atoms with Gasteiger partial charge in [-0.1, -0.05) is 6.92 Å². The topological polar surface area (TPSA) is 77.0 Å². The Bertz CT molecular complexity index is 631. The Balaban J connectivity index is 2.20. The summed E-state index contributed by atoms with van der Waals surface area (Å²) < 4.78 is 1.56. The number of anilines is 1. The van der Waals surface area contributed by atoms with Gasteiger partial charge < -0.3 is 10.6 Å². The molecule has 0 radical (unpaired) electrons. The number of carbonyl (C=O) groups is 1. The number of hydrogen-bond acceptors (Lipinski definition) is 5. The van der Waals surface area contributed by atoms with Gasteiger partial charge >= 0.3 is 0 Å². The molecule has 0 aromatic carbocycles. The van der Waals surface area contributed by atoms with Crippen molar-refractivity contribution in [3.63, 3.8) is 0 Å². The summed E-state index contributed by atoms with van der Waals surface area (Å²) >= 11 is 1.59. The van der Waals surface area contributed by atoms with Crippen LogP contribution in [0, 0.1) is 6.92 Å². The van der Waals surface area contributed by atoms with Gasteiger partial charge in [-0.15, -0.1) is 11.3 Å². The second-order valence-electron chi connectivity index (χ2n) is 4.69. The number of nitrogens with zero attached hydrogens (tertiary/aromatic N) is 4. The summed E-state index contributed by atoms with van der Waals surface area (Å²) in [6.07, 6.45) is 2.51. The van der Waals surface area contributed by atoms with E-state index in [0.717, 1.165) is 15.6 Å². The summed E-state index contributed by atoms with van der Waals surface area (Å²) in [5, 5.41) is 5.27.